The zero-order valence-corrected chi connectivity index (χ0v) is 17.5. The third-order valence-corrected chi connectivity index (χ3v) is 6.09. The van der Waals surface area contributed by atoms with Crippen molar-refractivity contribution in [3.05, 3.63) is 45.9 Å². The van der Waals surface area contributed by atoms with E-state index in [0.717, 1.165) is 62.0 Å². The number of morpholine rings is 1. The van der Waals surface area contributed by atoms with Gasteiger partial charge in [0.1, 0.15) is 5.75 Å². The first-order valence-electron chi connectivity index (χ1n) is 10.7. The Morgan fingerprint density at radius 3 is 2.67 bits per heavy atom. The highest BCUT2D eigenvalue weighted by molar-refractivity contribution is 5.78. The number of H-pyrrole nitrogens is 1. The first kappa shape index (κ1) is 20.7. The first-order valence-corrected chi connectivity index (χ1v) is 10.7. The lowest BCUT2D eigenvalue weighted by molar-refractivity contribution is -0.125. The zero-order chi connectivity index (χ0) is 20.9. The maximum Gasteiger partial charge on any atom is 0.274 e. The minimum Gasteiger partial charge on any atom is -0.497 e. The summed E-state index contributed by atoms with van der Waals surface area (Å²) in [5, 5.41) is 6.34. The predicted octanol–water partition coefficient (Wildman–Crippen LogP) is 1.12. The van der Waals surface area contributed by atoms with Crippen LogP contribution in [0.2, 0.25) is 0 Å². The van der Waals surface area contributed by atoms with E-state index in [1.807, 2.05) is 24.3 Å². The van der Waals surface area contributed by atoms with Gasteiger partial charge in [-0.2, -0.15) is 0 Å². The molecule has 2 N–H and O–H groups in total. The van der Waals surface area contributed by atoms with Crippen molar-refractivity contribution >= 4 is 5.91 Å². The number of methoxy groups -OCH3 is 1. The van der Waals surface area contributed by atoms with Gasteiger partial charge in [-0.15, -0.1) is 0 Å². The molecule has 1 aliphatic heterocycles. The summed E-state index contributed by atoms with van der Waals surface area (Å²) in [6.07, 6.45) is 2.77. The summed E-state index contributed by atoms with van der Waals surface area (Å²) in [5.41, 5.74) is 2.50. The molecule has 0 saturated carbocycles. The summed E-state index contributed by atoms with van der Waals surface area (Å²) in [7, 11) is 1.62. The number of nitrogens with zero attached hydrogens (tertiary/aromatic N) is 2. The molecule has 1 unspecified atom stereocenters. The summed E-state index contributed by atoms with van der Waals surface area (Å²) in [4.78, 5) is 27.9. The van der Waals surface area contributed by atoms with Gasteiger partial charge in [0.25, 0.3) is 5.56 Å². The van der Waals surface area contributed by atoms with E-state index in [1.54, 1.807) is 11.8 Å². The second-order valence-corrected chi connectivity index (χ2v) is 7.93. The van der Waals surface area contributed by atoms with Crippen molar-refractivity contribution < 1.29 is 14.3 Å². The molecule has 8 heteroatoms. The Labute approximate surface area is 176 Å². The molecule has 1 aromatic heterocycles. The van der Waals surface area contributed by atoms with E-state index in [9.17, 15) is 9.59 Å². The fourth-order valence-electron chi connectivity index (χ4n) is 4.24. The number of nitrogens with one attached hydrogen (secondary N) is 2. The van der Waals surface area contributed by atoms with Crippen LogP contribution in [0.4, 0.5) is 0 Å². The molecule has 2 aromatic rings. The van der Waals surface area contributed by atoms with Crippen LogP contribution in [-0.4, -0.2) is 67.1 Å². The molecule has 1 aromatic carbocycles. The normalized spacial score (nSPS) is 19.7. The molecule has 4 rings (SSSR count). The molecule has 162 valence electrons. The monoisotopic (exact) mass is 414 g/mol. The molecule has 1 amide bonds. The average Bonchev–Trinajstić information content (AvgIpc) is 2.96. The van der Waals surface area contributed by atoms with Crippen molar-refractivity contribution in [2.24, 2.45) is 5.92 Å². The van der Waals surface area contributed by atoms with Crippen molar-refractivity contribution in [3.8, 4) is 11.4 Å². The number of hydrogen-bond acceptors (Lipinski definition) is 5. The minimum atomic E-state index is -0.0516. The number of amides is 1. The van der Waals surface area contributed by atoms with Crippen LogP contribution < -0.4 is 15.6 Å². The lowest BCUT2D eigenvalue weighted by atomic mass is 9.99. The van der Waals surface area contributed by atoms with Crippen LogP contribution in [0.1, 0.15) is 24.1 Å². The van der Waals surface area contributed by atoms with E-state index < -0.39 is 0 Å². The number of aryl methyl sites for hydroxylation is 1. The number of carbonyl (C=O) groups excluding carboxylic acids is 1. The lowest BCUT2D eigenvalue weighted by Crippen LogP contribution is -2.42. The average molecular weight is 415 g/mol. The van der Waals surface area contributed by atoms with Crippen LogP contribution in [0.15, 0.2) is 29.1 Å². The molecular weight excluding hydrogens is 384 g/mol. The smallest absolute Gasteiger partial charge is 0.274 e. The molecule has 8 nitrogen and oxygen atoms in total. The van der Waals surface area contributed by atoms with Crippen LogP contribution in [0, 0.1) is 5.92 Å². The number of rotatable bonds is 6. The van der Waals surface area contributed by atoms with E-state index in [4.69, 9.17) is 9.47 Å². The highest BCUT2D eigenvalue weighted by Crippen LogP contribution is 2.23. The van der Waals surface area contributed by atoms with E-state index in [0.29, 0.717) is 25.8 Å². The van der Waals surface area contributed by atoms with Crippen molar-refractivity contribution in [1.29, 1.82) is 0 Å². The summed E-state index contributed by atoms with van der Waals surface area (Å²) in [6, 6.07) is 7.40. The fraction of sp³-hybridized carbons (Fsp3) is 0.545. The van der Waals surface area contributed by atoms with Crippen molar-refractivity contribution in [3.63, 3.8) is 0 Å². The highest BCUT2D eigenvalue weighted by atomic mass is 16.5. The van der Waals surface area contributed by atoms with Crippen LogP contribution in [0.3, 0.4) is 0 Å². The molecule has 30 heavy (non-hydrogen) atoms. The zero-order valence-electron chi connectivity index (χ0n) is 17.5. The molecule has 2 aliphatic rings. The van der Waals surface area contributed by atoms with Crippen LogP contribution in [-0.2, 0) is 22.4 Å². The Balaban J connectivity index is 1.34. The lowest BCUT2D eigenvalue weighted by Gasteiger charge is -2.26. The summed E-state index contributed by atoms with van der Waals surface area (Å²) in [6.45, 7) is 4.89. The van der Waals surface area contributed by atoms with Gasteiger partial charge in [-0.1, -0.05) is 0 Å². The third-order valence-electron chi connectivity index (χ3n) is 6.09. The molecule has 1 saturated heterocycles. The SMILES string of the molecule is COc1ccc(-n2[nH]c3c(c2=O)CCC(C(=O)NCCN2CCOCC2)CC3)cc1. The number of benzene rings is 1. The Morgan fingerprint density at radius 2 is 1.93 bits per heavy atom. The molecule has 1 aliphatic carbocycles. The second-order valence-electron chi connectivity index (χ2n) is 7.93. The number of aromatic amines is 1. The Morgan fingerprint density at radius 1 is 1.20 bits per heavy atom. The Hall–Kier alpha value is -2.58. The molecule has 1 fully saturated rings. The number of carbonyl (C=O) groups is 1. The molecule has 1 atom stereocenters. The van der Waals surface area contributed by atoms with Crippen LogP contribution in [0.5, 0.6) is 5.75 Å². The second kappa shape index (κ2) is 9.49. The molecule has 0 spiro atoms. The fourth-order valence-corrected chi connectivity index (χ4v) is 4.24. The Bertz CT molecular complexity index is 912. The van der Waals surface area contributed by atoms with Gasteiger partial charge in [0.05, 0.1) is 26.0 Å². The van der Waals surface area contributed by atoms with Crippen molar-refractivity contribution in [2.45, 2.75) is 25.7 Å². The van der Waals surface area contributed by atoms with Crippen LogP contribution >= 0.6 is 0 Å². The molecule has 0 radical (unpaired) electrons. The van der Waals surface area contributed by atoms with E-state index in [1.165, 1.54) is 0 Å². The number of fused-ring (bicyclic) bond motifs is 1. The predicted molar refractivity (Wildman–Crippen MR) is 113 cm³/mol. The molecule has 2 heterocycles. The number of ether oxygens (including phenoxy) is 2. The molecular formula is C22H30N4O4. The minimum absolute atomic E-state index is 0.0245. The third kappa shape index (κ3) is 4.60. The number of aromatic nitrogens is 2. The van der Waals surface area contributed by atoms with Gasteiger partial charge < -0.3 is 14.8 Å². The van der Waals surface area contributed by atoms with Crippen LogP contribution in [0.25, 0.3) is 5.69 Å². The van der Waals surface area contributed by atoms with Gasteiger partial charge in [0.2, 0.25) is 5.91 Å². The van der Waals surface area contributed by atoms with Gasteiger partial charge in [0.15, 0.2) is 0 Å². The quantitative estimate of drug-likeness (QED) is 0.692. The van der Waals surface area contributed by atoms with Crippen molar-refractivity contribution in [2.75, 3.05) is 46.5 Å². The Kier molecular flexibility index (Phi) is 6.54. The topological polar surface area (TPSA) is 88.6 Å². The van der Waals surface area contributed by atoms with Gasteiger partial charge >= 0.3 is 0 Å². The summed E-state index contributed by atoms with van der Waals surface area (Å²) >= 11 is 0. The maximum atomic E-state index is 12.9. The summed E-state index contributed by atoms with van der Waals surface area (Å²) in [5.74, 6) is 0.801. The standard InChI is InChI=1S/C22H30N4O4/c1-29-18-6-4-17(5-7-18)26-22(28)19-8-2-16(3-9-20(19)24-26)21(27)23-10-11-25-12-14-30-15-13-25/h4-7,16,24H,2-3,8-15H2,1H3,(H,23,27). The van der Waals surface area contributed by atoms with Gasteiger partial charge in [-0.25, -0.2) is 4.68 Å². The summed E-state index contributed by atoms with van der Waals surface area (Å²) < 4.78 is 12.1. The number of hydrogen-bond donors (Lipinski definition) is 2. The van der Waals surface area contributed by atoms with Crippen molar-refractivity contribution in [1.82, 2.24) is 20.0 Å². The van der Waals surface area contributed by atoms with Gasteiger partial charge in [-0.05, 0) is 49.9 Å². The first-order chi connectivity index (χ1) is 14.7. The van der Waals surface area contributed by atoms with Gasteiger partial charge in [0, 0.05) is 43.4 Å². The highest BCUT2D eigenvalue weighted by Gasteiger charge is 2.26. The van der Waals surface area contributed by atoms with Gasteiger partial charge in [-0.3, -0.25) is 19.6 Å². The maximum absolute atomic E-state index is 12.9. The van der Waals surface area contributed by atoms with E-state index in [2.05, 4.69) is 15.3 Å². The largest absolute Gasteiger partial charge is 0.497 e. The molecule has 0 bridgehead atoms. The van der Waals surface area contributed by atoms with E-state index >= 15 is 0 Å². The van der Waals surface area contributed by atoms with E-state index in [-0.39, 0.29) is 17.4 Å².